The predicted molar refractivity (Wildman–Crippen MR) is 69.1 cm³/mol. The van der Waals surface area contributed by atoms with Crippen molar-refractivity contribution in [2.75, 3.05) is 13.1 Å². The molecule has 0 unspecified atom stereocenters. The van der Waals surface area contributed by atoms with Gasteiger partial charge in [-0.25, -0.2) is 9.78 Å². The van der Waals surface area contributed by atoms with Crippen LogP contribution in [0.15, 0.2) is 5.38 Å². The standard InChI is InChI=1S/C12H19N3OS/c1-9-3-5-15(6-4-9)12(16)13-7-11-14-10(2)8-17-11/h8-9H,3-7H2,1-2H3,(H,13,16). The van der Waals surface area contributed by atoms with Gasteiger partial charge in [-0.15, -0.1) is 11.3 Å². The highest BCUT2D eigenvalue weighted by Gasteiger charge is 2.19. The minimum absolute atomic E-state index is 0.0461. The Hall–Kier alpha value is -1.10. The number of aromatic nitrogens is 1. The zero-order chi connectivity index (χ0) is 12.3. The molecular weight excluding hydrogens is 234 g/mol. The lowest BCUT2D eigenvalue weighted by Crippen LogP contribution is -2.43. The SMILES string of the molecule is Cc1csc(CNC(=O)N2CCC(C)CC2)n1. The van der Waals surface area contributed by atoms with Gasteiger partial charge in [0.2, 0.25) is 0 Å². The van der Waals surface area contributed by atoms with Gasteiger partial charge in [-0.2, -0.15) is 0 Å². The number of rotatable bonds is 2. The average Bonchev–Trinajstić information content (AvgIpc) is 2.73. The first-order valence-electron chi connectivity index (χ1n) is 6.09. The Kier molecular flexibility index (Phi) is 3.99. The summed E-state index contributed by atoms with van der Waals surface area (Å²) in [5.41, 5.74) is 1.02. The van der Waals surface area contributed by atoms with Crippen LogP contribution in [0.5, 0.6) is 0 Å². The third-order valence-electron chi connectivity index (χ3n) is 3.13. The van der Waals surface area contributed by atoms with Gasteiger partial charge in [0.05, 0.1) is 6.54 Å². The molecule has 0 bridgehead atoms. The van der Waals surface area contributed by atoms with Crippen LogP contribution in [0.4, 0.5) is 4.79 Å². The van der Waals surface area contributed by atoms with Crippen LogP contribution in [0.3, 0.4) is 0 Å². The van der Waals surface area contributed by atoms with Crippen molar-refractivity contribution in [1.29, 1.82) is 0 Å². The van der Waals surface area contributed by atoms with E-state index in [0.29, 0.717) is 6.54 Å². The smallest absolute Gasteiger partial charge is 0.317 e. The summed E-state index contributed by atoms with van der Waals surface area (Å²) in [6.07, 6.45) is 2.23. The van der Waals surface area contributed by atoms with E-state index in [4.69, 9.17) is 0 Å². The number of likely N-dealkylation sites (tertiary alicyclic amines) is 1. The van der Waals surface area contributed by atoms with Crippen LogP contribution >= 0.6 is 11.3 Å². The van der Waals surface area contributed by atoms with Crippen LogP contribution in [0, 0.1) is 12.8 Å². The van der Waals surface area contributed by atoms with E-state index >= 15 is 0 Å². The lowest BCUT2D eigenvalue weighted by Gasteiger charge is -2.30. The number of urea groups is 1. The summed E-state index contributed by atoms with van der Waals surface area (Å²) in [6, 6.07) is 0.0461. The van der Waals surface area contributed by atoms with Crippen molar-refractivity contribution in [2.24, 2.45) is 5.92 Å². The average molecular weight is 253 g/mol. The number of nitrogens with one attached hydrogen (secondary N) is 1. The molecule has 0 aliphatic carbocycles. The van der Waals surface area contributed by atoms with Crippen molar-refractivity contribution in [2.45, 2.75) is 33.2 Å². The molecule has 2 rings (SSSR count). The van der Waals surface area contributed by atoms with Crippen molar-refractivity contribution < 1.29 is 4.79 Å². The van der Waals surface area contributed by atoms with Crippen molar-refractivity contribution >= 4 is 17.4 Å². The quantitative estimate of drug-likeness (QED) is 0.879. The maximum atomic E-state index is 11.9. The molecule has 2 heterocycles. The highest BCUT2D eigenvalue weighted by atomic mass is 32.1. The normalized spacial score (nSPS) is 17.2. The summed E-state index contributed by atoms with van der Waals surface area (Å²) in [4.78, 5) is 18.1. The molecule has 2 amide bonds. The molecule has 0 radical (unpaired) electrons. The van der Waals surface area contributed by atoms with Gasteiger partial charge in [0.25, 0.3) is 0 Å². The minimum atomic E-state index is 0.0461. The summed E-state index contributed by atoms with van der Waals surface area (Å²) < 4.78 is 0. The zero-order valence-electron chi connectivity index (χ0n) is 10.4. The molecule has 0 atom stereocenters. The summed E-state index contributed by atoms with van der Waals surface area (Å²) in [5, 5.41) is 5.91. The zero-order valence-corrected chi connectivity index (χ0v) is 11.2. The van der Waals surface area contributed by atoms with E-state index in [1.165, 1.54) is 0 Å². The summed E-state index contributed by atoms with van der Waals surface area (Å²) in [5.74, 6) is 0.751. The Labute approximate surface area is 106 Å². The topological polar surface area (TPSA) is 45.2 Å². The molecule has 0 saturated carbocycles. The van der Waals surface area contributed by atoms with E-state index in [9.17, 15) is 4.79 Å². The third-order valence-corrected chi connectivity index (χ3v) is 4.09. The lowest BCUT2D eigenvalue weighted by atomic mass is 10.00. The van der Waals surface area contributed by atoms with Crippen LogP contribution in [0.2, 0.25) is 0 Å². The molecular formula is C12H19N3OS. The number of carbonyl (C=O) groups is 1. The monoisotopic (exact) mass is 253 g/mol. The number of hydrogen-bond acceptors (Lipinski definition) is 3. The van der Waals surface area contributed by atoms with Gasteiger partial charge in [-0.1, -0.05) is 6.92 Å². The van der Waals surface area contributed by atoms with Gasteiger partial charge in [-0.3, -0.25) is 0 Å². The highest BCUT2D eigenvalue weighted by molar-refractivity contribution is 7.09. The fraction of sp³-hybridized carbons (Fsp3) is 0.667. The first kappa shape index (κ1) is 12.4. The molecule has 1 aromatic rings. The molecule has 0 spiro atoms. The summed E-state index contributed by atoms with van der Waals surface area (Å²) in [6.45, 7) is 6.51. The van der Waals surface area contributed by atoms with Gasteiger partial charge in [0, 0.05) is 24.2 Å². The Morgan fingerprint density at radius 2 is 2.29 bits per heavy atom. The maximum Gasteiger partial charge on any atom is 0.317 e. The molecule has 17 heavy (non-hydrogen) atoms. The molecule has 0 aromatic carbocycles. The number of piperidine rings is 1. The number of nitrogens with zero attached hydrogens (tertiary/aromatic N) is 2. The van der Waals surface area contributed by atoms with E-state index in [1.807, 2.05) is 17.2 Å². The van der Waals surface area contributed by atoms with E-state index in [-0.39, 0.29) is 6.03 Å². The number of aryl methyl sites for hydroxylation is 1. The number of hydrogen-bond donors (Lipinski definition) is 1. The third kappa shape index (κ3) is 3.43. The predicted octanol–water partition coefficient (Wildman–Crippen LogP) is 2.39. The second kappa shape index (κ2) is 5.49. The second-order valence-corrected chi connectivity index (χ2v) is 5.65. The van der Waals surface area contributed by atoms with Gasteiger partial charge in [0.1, 0.15) is 5.01 Å². The Bertz CT molecular complexity index is 383. The van der Waals surface area contributed by atoms with E-state index in [2.05, 4.69) is 17.2 Å². The van der Waals surface area contributed by atoms with Crippen molar-refractivity contribution in [3.8, 4) is 0 Å². The number of amides is 2. The first-order valence-corrected chi connectivity index (χ1v) is 6.97. The summed E-state index contributed by atoms with van der Waals surface area (Å²) in [7, 11) is 0. The van der Waals surface area contributed by atoms with E-state index in [0.717, 1.165) is 42.6 Å². The highest BCUT2D eigenvalue weighted by Crippen LogP contribution is 2.16. The maximum absolute atomic E-state index is 11.9. The Balaban J connectivity index is 1.77. The van der Waals surface area contributed by atoms with Crippen LogP contribution in [0.25, 0.3) is 0 Å². The van der Waals surface area contributed by atoms with Crippen molar-refractivity contribution in [3.63, 3.8) is 0 Å². The van der Waals surface area contributed by atoms with E-state index < -0.39 is 0 Å². The van der Waals surface area contributed by atoms with Gasteiger partial charge in [-0.05, 0) is 25.7 Å². The fourth-order valence-corrected chi connectivity index (χ4v) is 2.67. The molecule has 5 heteroatoms. The molecule has 1 aromatic heterocycles. The van der Waals surface area contributed by atoms with Crippen LogP contribution in [-0.2, 0) is 6.54 Å². The largest absolute Gasteiger partial charge is 0.331 e. The van der Waals surface area contributed by atoms with Crippen LogP contribution in [-0.4, -0.2) is 29.0 Å². The summed E-state index contributed by atoms with van der Waals surface area (Å²) >= 11 is 1.59. The molecule has 1 fully saturated rings. The van der Waals surface area contributed by atoms with Gasteiger partial charge < -0.3 is 10.2 Å². The molecule has 1 aliphatic rings. The van der Waals surface area contributed by atoms with E-state index in [1.54, 1.807) is 11.3 Å². The first-order chi connectivity index (χ1) is 8.15. The van der Waals surface area contributed by atoms with Crippen molar-refractivity contribution in [1.82, 2.24) is 15.2 Å². The molecule has 1 N–H and O–H groups in total. The fourth-order valence-electron chi connectivity index (χ4n) is 1.96. The molecule has 4 nitrogen and oxygen atoms in total. The number of thiazole rings is 1. The van der Waals surface area contributed by atoms with Crippen LogP contribution in [0.1, 0.15) is 30.5 Å². The second-order valence-electron chi connectivity index (χ2n) is 4.71. The van der Waals surface area contributed by atoms with Gasteiger partial charge in [0.15, 0.2) is 0 Å². The molecule has 94 valence electrons. The minimum Gasteiger partial charge on any atom is -0.331 e. The Morgan fingerprint density at radius 1 is 1.59 bits per heavy atom. The van der Waals surface area contributed by atoms with Crippen LogP contribution < -0.4 is 5.32 Å². The van der Waals surface area contributed by atoms with Gasteiger partial charge >= 0.3 is 6.03 Å². The van der Waals surface area contributed by atoms with Crippen molar-refractivity contribution in [3.05, 3.63) is 16.1 Å². The lowest BCUT2D eigenvalue weighted by molar-refractivity contribution is 0.173. The Morgan fingerprint density at radius 3 is 2.88 bits per heavy atom. The number of carbonyl (C=O) groups excluding carboxylic acids is 1. The molecule has 1 saturated heterocycles. The molecule has 1 aliphatic heterocycles.